The van der Waals surface area contributed by atoms with Crippen molar-refractivity contribution < 1.29 is 9.53 Å². The number of pyridine rings is 1. The number of hydrogen-bond donors (Lipinski definition) is 0. The van der Waals surface area contributed by atoms with Crippen LogP contribution in [0.3, 0.4) is 0 Å². The Kier molecular flexibility index (Phi) is 3.52. The lowest BCUT2D eigenvalue weighted by Gasteiger charge is -2.00. The lowest BCUT2D eigenvalue weighted by molar-refractivity contribution is -0.134. The van der Waals surface area contributed by atoms with Gasteiger partial charge < -0.3 is 4.74 Å². The third kappa shape index (κ3) is 3.39. The highest BCUT2D eigenvalue weighted by Gasteiger charge is 2.02. The van der Waals surface area contributed by atoms with Crippen molar-refractivity contribution in [3.63, 3.8) is 0 Å². The van der Waals surface area contributed by atoms with E-state index in [1.807, 2.05) is 0 Å². The molecule has 0 atom stereocenters. The number of ether oxygens (including phenoxy) is 1. The monoisotopic (exact) mass is 175 g/mol. The van der Waals surface area contributed by atoms with Crippen LogP contribution in [0.15, 0.2) is 24.5 Å². The largest absolute Gasteiger partial charge is 0.426 e. The van der Waals surface area contributed by atoms with E-state index in [1.165, 1.54) is 0 Å². The van der Waals surface area contributed by atoms with Gasteiger partial charge in [0.2, 0.25) is 0 Å². The topological polar surface area (TPSA) is 39.2 Å². The van der Waals surface area contributed by atoms with Gasteiger partial charge in [0.1, 0.15) is 5.75 Å². The molecule has 0 aliphatic heterocycles. The van der Waals surface area contributed by atoms with E-state index in [1.54, 1.807) is 24.5 Å². The summed E-state index contributed by atoms with van der Waals surface area (Å²) in [6.07, 6.45) is 8.78. The van der Waals surface area contributed by atoms with Crippen molar-refractivity contribution in [1.82, 2.24) is 4.98 Å². The van der Waals surface area contributed by atoms with E-state index in [0.29, 0.717) is 12.2 Å². The van der Waals surface area contributed by atoms with Crippen molar-refractivity contribution >= 4 is 5.97 Å². The Morgan fingerprint density at radius 2 is 2.23 bits per heavy atom. The van der Waals surface area contributed by atoms with Crippen LogP contribution in [-0.4, -0.2) is 11.0 Å². The number of terminal acetylenes is 1. The molecular formula is C10H9NO2. The average Bonchev–Trinajstić information content (AvgIpc) is 2.16. The number of hydrogen-bond acceptors (Lipinski definition) is 3. The van der Waals surface area contributed by atoms with Crippen molar-refractivity contribution in [2.75, 3.05) is 0 Å². The van der Waals surface area contributed by atoms with Gasteiger partial charge in [-0.3, -0.25) is 9.78 Å². The van der Waals surface area contributed by atoms with Gasteiger partial charge in [-0.15, -0.1) is 12.3 Å². The molecule has 0 aromatic carbocycles. The first-order valence-corrected chi connectivity index (χ1v) is 3.87. The Morgan fingerprint density at radius 1 is 1.54 bits per heavy atom. The zero-order valence-electron chi connectivity index (χ0n) is 7.06. The number of aromatic nitrogens is 1. The third-order valence-electron chi connectivity index (χ3n) is 1.35. The molecule has 13 heavy (non-hydrogen) atoms. The average molecular weight is 175 g/mol. The zero-order chi connectivity index (χ0) is 9.52. The second kappa shape index (κ2) is 4.94. The Labute approximate surface area is 76.8 Å². The highest BCUT2D eigenvalue weighted by molar-refractivity contribution is 5.72. The van der Waals surface area contributed by atoms with Crippen molar-refractivity contribution in [1.29, 1.82) is 0 Å². The molecule has 0 fully saturated rings. The molecule has 1 rings (SSSR count). The summed E-state index contributed by atoms with van der Waals surface area (Å²) in [4.78, 5) is 14.8. The maximum atomic E-state index is 11.0. The second-order valence-corrected chi connectivity index (χ2v) is 2.36. The van der Waals surface area contributed by atoms with E-state index in [9.17, 15) is 4.79 Å². The summed E-state index contributed by atoms with van der Waals surface area (Å²) >= 11 is 0. The molecule has 3 nitrogen and oxygen atoms in total. The molecule has 0 aliphatic rings. The minimum Gasteiger partial charge on any atom is -0.426 e. The van der Waals surface area contributed by atoms with E-state index in [4.69, 9.17) is 11.2 Å². The molecule has 0 aliphatic carbocycles. The van der Waals surface area contributed by atoms with Gasteiger partial charge in [0.25, 0.3) is 0 Å². The van der Waals surface area contributed by atoms with Gasteiger partial charge in [-0.25, -0.2) is 0 Å². The first-order valence-electron chi connectivity index (χ1n) is 3.87. The summed E-state index contributed by atoms with van der Waals surface area (Å²) in [7, 11) is 0. The predicted octanol–water partition coefficient (Wildman–Crippen LogP) is 1.40. The van der Waals surface area contributed by atoms with Gasteiger partial charge >= 0.3 is 5.97 Å². The molecule has 0 N–H and O–H groups in total. The van der Waals surface area contributed by atoms with Crippen molar-refractivity contribution in [3.8, 4) is 18.1 Å². The summed E-state index contributed by atoms with van der Waals surface area (Å²) in [5, 5.41) is 0. The molecule has 0 radical (unpaired) electrons. The third-order valence-corrected chi connectivity index (χ3v) is 1.35. The van der Waals surface area contributed by atoms with Crippen molar-refractivity contribution in [2.45, 2.75) is 12.8 Å². The quantitative estimate of drug-likeness (QED) is 0.515. The fourth-order valence-electron chi connectivity index (χ4n) is 0.763. The highest BCUT2D eigenvalue weighted by Crippen LogP contribution is 2.07. The first-order chi connectivity index (χ1) is 6.33. The van der Waals surface area contributed by atoms with E-state index < -0.39 is 0 Å². The van der Waals surface area contributed by atoms with E-state index in [0.717, 1.165) is 0 Å². The van der Waals surface area contributed by atoms with E-state index in [2.05, 4.69) is 10.9 Å². The van der Waals surface area contributed by atoms with Gasteiger partial charge in [-0.05, 0) is 12.1 Å². The first kappa shape index (κ1) is 9.27. The van der Waals surface area contributed by atoms with Crippen molar-refractivity contribution in [2.24, 2.45) is 0 Å². The van der Waals surface area contributed by atoms with Gasteiger partial charge in [0.05, 0.1) is 6.42 Å². The maximum Gasteiger partial charge on any atom is 0.312 e. The summed E-state index contributed by atoms with van der Waals surface area (Å²) in [5.41, 5.74) is 0. The fourth-order valence-corrected chi connectivity index (χ4v) is 0.763. The Bertz CT molecular complexity index is 313. The standard InChI is InChI=1S/C10H9NO2/c1-2-3-4-10(12)13-9-5-7-11-8-6-9/h1,5-8H,3-4H2. The van der Waals surface area contributed by atoms with E-state index in [-0.39, 0.29) is 12.4 Å². The normalized spacial score (nSPS) is 8.85. The van der Waals surface area contributed by atoms with Gasteiger partial charge in [0, 0.05) is 18.8 Å². The van der Waals surface area contributed by atoms with Crippen LogP contribution in [0.4, 0.5) is 0 Å². The molecule has 0 bridgehead atoms. The second-order valence-electron chi connectivity index (χ2n) is 2.36. The van der Waals surface area contributed by atoms with Crippen LogP contribution in [0.1, 0.15) is 12.8 Å². The van der Waals surface area contributed by atoms with Gasteiger partial charge in [-0.1, -0.05) is 0 Å². The highest BCUT2D eigenvalue weighted by atomic mass is 16.5. The lowest BCUT2D eigenvalue weighted by atomic mass is 10.3. The fraction of sp³-hybridized carbons (Fsp3) is 0.200. The molecule has 0 unspecified atom stereocenters. The molecule has 1 heterocycles. The van der Waals surface area contributed by atoms with Gasteiger partial charge in [0.15, 0.2) is 0 Å². The number of carbonyl (C=O) groups excluding carboxylic acids is 1. The SMILES string of the molecule is C#CCCC(=O)Oc1ccncc1. The zero-order valence-corrected chi connectivity index (χ0v) is 7.06. The Balaban J connectivity index is 2.42. The molecule has 0 amide bonds. The van der Waals surface area contributed by atoms with E-state index >= 15 is 0 Å². The van der Waals surface area contributed by atoms with Crippen molar-refractivity contribution in [3.05, 3.63) is 24.5 Å². The minimum absolute atomic E-state index is 0.249. The number of esters is 1. The molecule has 0 spiro atoms. The molecule has 0 saturated heterocycles. The van der Waals surface area contributed by atoms with Crippen LogP contribution >= 0.6 is 0 Å². The summed E-state index contributed by atoms with van der Waals surface area (Å²) in [6.45, 7) is 0. The molecular weight excluding hydrogens is 166 g/mol. The maximum absolute atomic E-state index is 11.0. The van der Waals surface area contributed by atoms with Crippen LogP contribution in [0.2, 0.25) is 0 Å². The number of rotatable bonds is 3. The molecule has 1 aromatic heterocycles. The molecule has 66 valence electrons. The molecule has 0 saturated carbocycles. The molecule has 1 aromatic rings. The number of nitrogens with zero attached hydrogens (tertiary/aromatic N) is 1. The summed E-state index contributed by atoms with van der Waals surface area (Å²) < 4.78 is 4.94. The van der Waals surface area contributed by atoms with Crippen LogP contribution in [-0.2, 0) is 4.79 Å². The predicted molar refractivity (Wildman–Crippen MR) is 47.9 cm³/mol. The van der Waals surface area contributed by atoms with Crippen LogP contribution in [0, 0.1) is 12.3 Å². The summed E-state index contributed by atoms with van der Waals surface area (Å²) in [6, 6.07) is 3.24. The minimum atomic E-state index is -0.316. The van der Waals surface area contributed by atoms with Gasteiger partial charge in [-0.2, -0.15) is 0 Å². The molecule has 3 heteroatoms. The summed E-state index contributed by atoms with van der Waals surface area (Å²) in [5.74, 6) is 2.55. The lowest BCUT2D eigenvalue weighted by Crippen LogP contribution is -2.06. The number of carbonyl (C=O) groups is 1. The Hall–Kier alpha value is -1.82. The van der Waals surface area contributed by atoms with Crippen LogP contribution in [0.25, 0.3) is 0 Å². The smallest absolute Gasteiger partial charge is 0.312 e. The van der Waals surface area contributed by atoms with Crippen LogP contribution in [0.5, 0.6) is 5.75 Å². The van der Waals surface area contributed by atoms with Crippen LogP contribution < -0.4 is 4.74 Å². The Morgan fingerprint density at radius 3 is 2.85 bits per heavy atom.